The van der Waals surface area contributed by atoms with E-state index in [0.717, 1.165) is 17.3 Å². The Balaban J connectivity index is 1.94. The number of amides is 1. The maximum Gasteiger partial charge on any atom is 0.406 e. The van der Waals surface area contributed by atoms with Gasteiger partial charge in [-0.15, -0.1) is 5.11 Å². The SMILES string of the molecule is COc1cccc2c1CN(C1=CN=NC(=O)C1C(F)(F)F)C2. The van der Waals surface area contributed by atoms with Crippen LogP contribution in [-0.2, 0) is 17.9 Å². The summed E-state index contributed by atoms with van der Waals surface area (Å²) in [6.07, 6.45) is -3.68. The van der Waals surface area contributed by atoms with Gasteiger partial charge in [-0.25, -0.2) is 0 Å². The first-order chi connectivity index (χ1) is 10.4. The van der Waals surface area contributed by atoms with Crippen LogP contribution in [0.15, 0.2) is 40.3 Å². The van der Waals surface area contributed by atoms with E-state index in [1.165, 1.54) is 12.0 Å². The number of rotatable bonds is 2. The third kappa shape index (κ3) is 2.34. The molecule has 0 saturated heterocycles. The van der Waals surface area contributed by atoms with Gasteiger partial charge in [0.1, 0.15) is 5.75 Å². The number of hydrogen-bond donors (Lipinski definition) is 0. The van der Waals surface area contributed by atoms with Gasteiger partial charge in [0.2, 0.25) is 0 Å². The lowest BCUT2D eigenvalue weighted by Crippen LogP contribution is -2.38. The molecule has 2 aliphatic heterocycles. The number of ether oxygens (including phenoxy) is 1. The third-order valence-corrected chi connectivity index (χ3v) is 3.74. The second kappa shape index (κ2) is 5.11. The summed E-state index contributed by atoms with van der Waals surface area (Å²) in [5, 5.41) is 6.41. The monoisotopic (exact) mass is 311 g/mol. The number of azo groups is 1. The molecule has 22 heavy (non-hydrogen) atoms. The van der Waals surface area contributed by atoms with Crippen LogP contribution in [0.3, 0.4) is 0 Å². The van der Waals surface area contributed by atoms with Crippen LogP contribution in [0.5, 0.6) is 5.75 Å². The first-order valence-electron chi connectivity index (χ1n) is 6.53. The zero-order valence-corrected chi connectivity index (χ0v) is 11.6. The van der Waals surface area contributed by atoms with Gasteiger partial charge in [0.05, 0.1) is 19.0 Å². The van der Waals surface area contributed by atoms with Crippen molar-refractivity contribution in [1.29, 1.82) is 0 Å². The van der Waals surface area contributed by atoms with Crippen molar-refractivity contribution in [2.75, 3.05) is 7.11 Å². The Morgan fingerprint density at radius 3 is 2.77 bits per heavy atom. The quantitative estimate of drug-likeness (QED) is 0.843. The van der Waals surface area contributed by atoms with E-state index in [0.29, 0.717) is 5.75 Å². The molecule has 8 heteroatoms. The minimum atomic E-state index is -4.69. The summed E-state index contributed by atoms with van der Waals surface area (Å²) < 4.78 is 44.7. The van der Waals surface area contributed by atoms with Crippen molar-refractivity contribution in [3.8, 4) is 5.75 Å². The van der Waals surface area contributed by atoms with Crippen molar-refractivity contribution in [2.45, 2.75) is 19.3 Å². The third-order valence-electron chi connectivity index (χ3n) is 3.74. The van der Waals surface area contributed by atoms with Crippen molar-refractivity contribution in [3.05, 3.63) is 41.2 Å². The molecule has 0 aliphatic carbocycles. The van der Waals surface area contributed by atoms with Gasteiger partial charge >= 0.3 is 6.18 Å². The van der Waals surface area contributed by atoms with Gasteiger partial charge in [0, 0.05) is 18.7 Å². The van der Waals surface area contributed by atoms with Crippen molar-refractivity contribution in [2.24, 2.45) is 16.1 Å². The van der Waals surface area contributed by atoms with Crippen LogP contribution in [-0.4, -0.2) is 24.1 Å². The molecule has 1 aromatic carbocycles. The zero-order chi connectivity index (χ0) is 15.9. The molecule has 5 nitrogen and oxygen atoms in total. The summed E-state index contributed by atoms with van der Waals surface area (Å²) in [4.78, 5) is 13.0. The zero-order valence-electron chi connectivity index (χ0n) is 11.6. The smallest absolute Gasteiger partial charge is 0.406 e. The van der Waals surface area contributed by atoms with Gasteiger partial charge in [-0.3, -0.25) is 4.79 Å². The van der Waals surface area contributed by atoms with Crippen LogP contribution in [0.4, 0.5) is 13.2 Å². The second-order valence-corrected chi connectivity index (χ2v) is 5.04. The molecule has 0 aromatic heterocycles. The fourth-order valence-corrected chi connectivity index (χ4v) is 2.74. The van der Waals surface area contributed by atoms with Crippen LogP contribution in [0.2, 0.25) is 0 Å². The molecule has 2 aliphatic rings. The molecular weight excluding hydrogens is 299 g/mol. The van der Waals surface area contributed by atoms with E-state index in [9.17, 15) is 18.0 Å². The van der Waals surface area contributed by atoms with E-state index >= 15 is 0 Å². The lowest BCUT2D eigenvalue weighted by molar-refractivity contribution is -0.177. The molecule has 2 heterocycles. The van der Waals surface area contributed by atoms with E-state index in [-0.39, 0.29) is 18.8 Å². The Labute approximate surface area is 124 Å². The van der Waals surface area contributed by atoms with Crippen LogP contribution < -0.4 is 4.74 Å². The predicted molar refractivity (Wildman–Crippen MR) is 69.7 cm³/mol. The average molecular weight is 311 g/mol. The lowest BCUT2D eigenvalue weighted by atomic mass is 10.0. The summed E-state index contributed by atoms with van der Waals surface area (Å²) in [5.74, 6) is -2.92. The molecule has 1 unspecified atom stereocenters. The highest BCUT2D eigenvalue weighted by molar-refractivity contribution is 5.83. The van der Waals surface area contributed by atoms with Gasteiger partial charge < -0.3 is 9.64 Å². The standard InChI is InChI=1S/C14H12F3N3O2/c1-22-11-4-2-3-8-6-20(7-9(8)11)10-5-18-19-13(21)12(10)14(15,16)17/h2-5,12H,6-7H2,1H3. The number of fused-ring (bicyclic) bond motifs is 1. The Morgan fingerprint density at radius 1 is 1.32 bits per heavy atom. The van der Waals surface area contributed by atoms with Crippen molar-refractivity contribution in [3.63, 3.8) is 0 Å². The Hall–Kier alpha value is -2.38. The predicted octanol–water partition coefficient (Wildman–Crippen LogP) is 3.02. The van der Waals surface area contributed by atoms with Crippen molar-refractivity contribution < 1.29 is 22.7 Å². The van der Waals surface area contributed by atoms with Crippen LogP contribution in [0.1, 0.15) is 11.1 Å². The second-order valence-electron chi connectivity index (χ2n) is 5.04. The molecule has 116 valence electrons. The fraction of sp³-hybridized carbons (Fsp3) is 0.357. The number of methoxy groups -OCH3 is 1. The number of carbonyl (C=O) groups excluding carboxylic acids is 1. The van der Waals surface area contributed by atoms with Gasteiger partial charge in [-0.05, 0) is 11.6 Å². The van der Waals surface area contributed by atoms with Crippen molar-refractivity contribution >= 4 is 5.91 Å². The van der Waals surface area contributed by atoms with E-state index in [1.807, 2.05) is 6.07 Å². The molecule has 0 N–H and O–H groups in total. The Bertz CT molecular complexity index is 682. The summed E-state index contributed by atoms with van der Waals surface area (Å²) in [6.45, 7) is 0.508. The normalized spacial score (nSPS) is 20.9. The molecular formula is C14H12F3N3O2. The average Bonchev–Trinajstić information content (AvgIpc) is 2.89. The summed E-state index contributed by atoms with van der Waals surface area (Å²) in [7, 11) is 1.51. The van der Waals surface area contributed by atoms with E-state index < -0.39 is 18.0 Å². The molecule has 3 rings (SSSR count). The minimum absolute atomic E-state index is 0.175. The minimum Gasteiger partial charge on any atom is -0.496 e. The van der Waals surface area contributed by atoms with Crippen molar-refractivity contribution in [1.82, 2.24) is 4.90 Å². The highest BCUT2D eigenvalue weighted by Gasteiger charge is 2.50. The number of nitrogens with zero attached hydrogens (tertiary/aromatic N) is 3. The summed E-state index contributed by atoms with van der Waals surface area (Å²) in [6, 6.07) is 5.36. The molecule has 1 atom stereocenters. The van der Waals surface area contributed by atoms with Crippen LogP contribution in [0, 0.1) is 5.92 Å². The summed E-state index contributed by atoms with van der Waals surface area (Å²) >= 11 is 0. The van der Waals surface area contributed by atoms with E-state index in [1.54, 1.807) is 12.1 Å². The topological polar surface area (TPSA) is 54.3 Å². The first-order valence-corrected chi connectivity index (χ1v) is 6.53. The molecule has 1 amide bonds. The number of alkyl halides is 3. The number of carbonyl (C=O) groups is 1. The number of halogens is 3. The van der Waals surface area contributed by atoms with Gasteiger partial charge in [-0.2, -0.15) is 18.3 Å². The molecule has 0 bridgehead atoms. The maximum absolute atomic E-state index is 13.2. The Kier molecular flexibility index (Phi) is 3.38. The summed E-state index contributed by atoms with van der Waals surface area (Å²) in [5.41, 5.74) is 1.52. The van der Waals surface area contributed by atoms with E-state index in [4.69, 9.17) is 4.74 Å². The highest BCUT2D eigenvalue weighted by atomic mass is 19.4. The van der Waals surface area contributed by atoms with Gasteiger partial charge in [-0.1, -0.05) is 12.1 Å². The first kappa shape index (κ1) is 14.6. The molecule has 0 spiro atoms. The molecule has 0 saturated carbocycles. The number of hydrogen-bond acceptors (Lipinski definition) is 4. The lowest BCUT2D eigenvalue weighted by Gasteiger charge is -2.28. The highest BCUT2D eigenvalue weighted by Crippen LogP contribution is 2.41. The molecule has 0 fully saturated rings. The van der Waals surface area contributed by atoms with Gasteiger partial charge in [0.15, 0.2) is 5.92 Å². The number of benzene rings is 1. The molecule has 1 aromatic rings. The van der Waals surface area contributed by atoms with Gasteiger partial charge in [0.25, 0.3) is 5.91 Å². The maximum atomic E-state index is 13.2. The largest absolute Gasteiger partial charge is 0.496 e. The van der Waals surface area contributed by atoms with E-state index in [2.05, 4.69) is 10.2 Å². The van der Waals surface area contributed by atoms with Crippen LogP contribution >= 0.6 is 0 Å². The Morgan fingerprint density at radius 2 is 2.09 bits per heavy atom. The molecule has 0 radical (unpaired) electrons. The fourth-order valence-electron chi connectivity index (χ4n) is 2.74. The van der Waals surface area contributed by atoms with Crippen LogP contribution in [0.25, 0.3) is 0 Å².